The third-order valence-electron chi connectivity index (χ3n) is 4.78. The fourth-order valence-electron chi connectivity index (χ4n) is 3.46. The van der Waals surface area contributed by atoms with Crippen molar-refractivity contribution in [2.75, 3.05) is 5.73 Å². The first kappa shape index (κ1) is 16.7. The van der Waals surface area contributed by atoms with E-state index in [-0.39, 0.29) is 5.78 Å². The summed E-state index contributed by atoms with van der Waals surface area (Å²) in [6.45, 7) is 1.53. The summed E-state index contributed by atoms with van der Waals surface area (Å²) in [6, 6.07) is 21.8. The molecule has 0 fully saturated rings. The average Bonchev–Trinajstić information content (AvgIpc) is 3.29. The Morgan fingerprint density at radius 2 is 1.79 bits per heavy atom. The van der Waals surface area contributed by atoms with Crippen LogP contribution in [-0.4, -0.2) is 10.8 Å². The predicted molar refractivity (Wildman–Crippen MR) is 115 cm³/mol. The minimum atomic E-state index is -0.0511. The SMILES string of the molecule is CC(=O)c1sc2nc(-c3cc4ccccc4o3)cc(-c3ccccc3)c2c1N. The second-order valence-corrected chi connectivity index (χ2v) is 7.65. The fraction of sp³-hybridized carbons (Fsp3) is 0.0435. The molecule has 0 saturated carbocycles. The Hall–Kier alpha value is -3.44. The van der Waals surface area contributed by atoms with E-state index < -0.39 is 0 Å². The van der Waals surface area contributed by atoms with Crippen LogP contribution in [0.4, 0.5) is 5.69 Å². The summed E-state index contributed by atoms with van der Waals surface area (Å²) in [7, 11) is 0. The van der Waals surface area contributed by atoms with E-state index in [4.69, 9.17) is 15.1 Å². The van der Waals surface area contributed by atoms with Crippen LogP contribution in [0.1, 0.15) is 16.6 Å². The normalized spacial score (nSPS) is 11.3. The van der Waals surface area contributed by atoms with Gasteiger partial charge >= 0.3 is 0 Å². The van der Waals surface area contributed by atoms with Gasteiger partial charge in [0.05, 0.1) is 10.6 Å². The number of Topliss-reactive ketones (excluding diaryl/α,β-unsaturated/α-hetero) is 1. The van der Waals surface area contributed by atoms with Crippen LogP contribution < -0.4 is 5.73 Å². The first-order valence-electron chi connectivity index (χ1n) is 8.90. The quantitative estimate of drug-likeness (QED) is 0.378. The van der Waals surface area contributed by atoms with Crippen molar-refractivity contribution in [2.24, 2.45) is 0 Å². The number of aromatic nitrogens is 1. The number of carbonyl (C=O) groups is 1. The van der Waals surface area contributed by atoms with Gasteiger partial charge in [0.25, 0.3) is 0 Å². The van der Waals surface area contributed by atoms with E-state index >= 15 is 0 Å². The molecule has 136 valence electrons. The van der Waals surface area contributed by atoms with Crippen molar-refractivity contribution in [3.63, 3.8) is 0 Å². The number of thiophene rings is 1. The molecule has 0 saturated heterocycles. The Morgan fingerprint density at radius 1 is 1.04 bits per heavy atom. The molecule has 28 heavy (non-hydrogen) atoms. The molecule has 2 N–H and O–H groups in total. The summed E-state index contributed by atoms with van der Waals surface area (Å²) in [5.74, 6) is 0.640. The monoisotopic (exact) mass is 384 g/mol. The molecule has 0 bridgehead atoms. The van der Waals surface area contributed by atoms with Gasteiger partial charge in [0.1, 0.15) is 16.1 Å². The van der Waals surface area contributed by atoms with Crippen molar-refractivity contribution in [3.8, 4) is 22.6 Å². The van der Waals surface area contributed by atoms with E-state index in [9.17, 15) is 4.79 Å². The highest BCUT2D eigenvalue weighted by Gasteiger charge is 2.20. The second kappa shape index (κ2) is 6.32. The highest BCUT2D eigenvalue weighted by molar-refractivity contribution is 7.21. The maximum Gasteiger partial charge on any atom is 0.171 e. The van der Waals surface area contributed by atoms with Gasteiger partial charge in [0, 0.05) is 17.7 Å². The van der Waals surface area contributed by atoms with Crippen molar-refractivity contribution >= 4 is 44.0 Å². The standard InChI is InChI=1S/C23H16N2O2S/c1-13(26)22-21(24)20-16(14-7-3-2-4-8-14)12-17(25-23(20)28-22)19-11-15-9-5-6-10-18(15)27-19/h2-12H,24H2,1H3. The lowest BCUT2D eigenvalue weighted by Crippen LogP contribution is -1.95. The molecule has 0 aliphatic heterocycles. The van der Waals surface area contributed by atoms with E-state index in [2.05, 4.69) is 0 Å². The van der Waals surface area contributed by atoms with Gasteiger partial charge in [-0.3, -0.25) is 4.79 Å². The minimum absolute atomic E-state index is 0.0511. The van der Waals surface area contributed by atoms with E-state index in [0.717, 1.165) is 38.0 Å². The predicted octanol–water partition coefficient (Wildman–Crippen LogP) is 6.16. The molecule has 0 unspecified atom stereocenters. The highest BCUT2D eigenvalue weighted by atomic mass is 32.1. The summed E-state index contributed by atoms with van der Waals surface area (Å²) in [6.07, 6.45) is 0. The molecule has 0 spiro atoms. The zero-order chi connectivity index (χ0) is 19.3. The van der Waals surface area contributed by atoms with Crippen LogP contribution in [0.15, 0.2) is 71.1 Å². The first-order chi connectivity index (χ1) is 13.6. The minimum Gasteiger partial charge on any atom is -0.454 e. The first-order valence-corrected chi connectivity index (χ1v) is 9.72. The molecule has 5 heteroatoms. The van der Waals surface area contributed by atoms with Crippen molar-refractivity contribution in [1.82, 2.24) is 4.98 Å². The largest absolute Gasteiger partial charge is 0.454 e. The van der Waals surface area contributed by atoms with Crippen molar-refractivity contribution in [3.05, 3.63) is 71.6 Å². The molecule has 3 heterocycles. The molecule has 4 nitrogen and oxygen atoms in total. The van der Waals surface area contributed by atoms with Crippen LogP contribution in [0.2, 0.25) is 0 Å². The molecule has 0 aliphatic rings. The average molecular weight is 384 g/mol. The summed E-state index contributed by atoms with van der Waals surface area (Å²) in [5, 5.41) is 1.84. The molecular formula is C23H16N2O2S. The molecule has 3 aromatic heterocycles. The molecule has 0 aliphatic carbocycles. The number of nitrogens with two attached hydrogens (primary N) is 1. The Labute approximate surface area is 165 Å². The molecule has 0 atom stereocenters. The molecule has 5 rings (SSSR count). The van der Waals surface area contributed by atoms with Gasteiger partial charge in [0.2, 0.25) is 0 Å². The van der Waals surface area contributed by atoms with Crippen molar-refractivity contribution < 1.29 is 9.21 Å². The van der Waals surface area contributed by atoms with Gasteiger partial charge < -0.3 is 10.2 Å². The maximum absolute atomic E-state index is 12.0. The number of anilines is 1. The van der Waals surface area contributed by atoms with Crippen LogP contribution in [0, 0.1) is 0 Å². The van der Waals surface area contributed by atoms with Crippen LogP contribution in [0.5, 0.6) is 0 Å². The van der Waals surface area contributed by atoms with Gasteiger partial charge in [0.15, 0.2) is 11.5 Å². The Balaban J connectivity index is 1.83. The number of ketones is 1. The summed E-state index contributed by atoms with van der Waals surface area (Å²) in [4.78, 5) is 18.1. The fourth-order valence-corrected chi connectivity index (χ4v) is 4.48. The van der Waals surface area contributed by atoms with Gasteiger partial charge in [-0.15, -0.1) is 11.3 Å². The second-order valence-electron chi connectivity index (χ2n) is 6.65. The van der Waals surface area contributed by atoms with E-state index in [1.54, 1.807) is 0 Å². The third kappa shape index (κ3) is 2.60. The maximum atomic E-state index is 12.0. The number of furan rings is 1. The number of nitrogens with zero attached hydrogens (tertiary/aromatic N) is 1. The number of pyridine rings is 1. The number of para-hydroxylation sites is 1. The third-order valence-corrected chi connectivity index (χ3v) is 5.98. The zero-order valence-electron chi connectivity index (χ0n) is 15.1. The van der Waals surface area contributed by atoms with Crippen LogP contribution in [0.3, 0.4) is 0 Å². The van der Waals surface area contributed by atoms with Crippen molar-refractivity contribution in [2.45, 2.75) is 6.92 Å². The number of benzene rings is 2. The van der Waals surface area contributed by atoms with Crippen LogP contribution in [0.25, 0.3) is 43.8 Å². The number of carbonyl (C=O) groups excluding carboxylic acids is 1. The lowest BCUT2D eigenvalue weighted by molar-refractivity contribution is 0.102. The lowest BCUT2D eigenvalue weighted by Gasteiger charge is -2.07. The van der Waals surface area contributed by atoms with E-state index in [0.29, 0.717) is 16.3 Å². The molecule has 0 radical (unpaired) electrons. The molecule has 0 amide bonds. The molecule has 2 aromatic carbocycles. The topological polar surface area (TPSA) is 69.1 Å². The number of hydrogen-bond donors (Lipinski definition) is 1. The number of hydrogen-bond acceptors (Lipinski definition) is 5. The van der Waals surface area contributed by atoms with Crippen molar-refractivity contribution in [1.29, 1.82) is 0 Å². The van der Waals surface area contributed by atoms with Crippen LogP contribution in [-0.2, 0) is 0 Å². The lowest BCUT2D eigenvalue weighted by atomic mass is 10.0. The molecular weight excluding hydrogens is 368 g/mol. The van der Waals surface area contributed by atoms with Gasteiger partial charge in [-0.1, -0.05) is 48.5 Å². The van der Waals surface area contributed by atoms with Gasteiger partial charge in [-0.25, -0.2) is 4.98 Å². The smallest absolute Gasteiger partial charge is 0.171 e. The summed E-state index contributed by atoms with van der Waals surface area (Å²) in [5.41, 5.74) is 10.4. The Kier molecular flexibility index (Phi) is 3.77. The van der Waals surface area contributed by atoms with E-state index in [1.165, 1.54) is 18.3 Å². The Morgan fingerprint density at radius 3 is 2.54 bits per heavy atom. The summed E-state index contributed by atoms with van der Waals surface area (Å²) < 4.78 is 6.02. The highest BCUT2D eigenvalue weighted by Crippen LogP contribution is 2.41. The van der Waals surface area contributed by atoms with E-state index in [1.807, 2.05) is 66.7 Å². The van der Waals surface area contributed by atoms with Crippen LogP contribution >= 0.6 is 11.3 Å². The number of rotatable bonds is 3. The number of nitrogen functional groups attached to an aromatic ring is 1. The van der Waals surface area contributed by atoms with Gasteiger partial charge in [-0.05, 0) is 29.3 Å². The van der Waals surface area contributed by atoms with Gasteiger partial charge in [-0.2, -0.15) is 0 Å². The Bertz CT molecular complexity index is 1320. The number of fused-ring (bicyclic) bond motifs is 2. The summed E-state index contributed by atoms with van der Waals surface area (Å²) >= 11 is 1.33. The molecule has 5 aromatic rings. The zero-order valence-corrected chi connectivity index (χ0v) is 15.9.